The zero-order chi connectivity index (χ0) is 12.4. The van der Waals surface area contributed by atoms with E-state index in [-0.39, 0.29) is 36.7 Å². The van der Waals surface area contributed by atoms with Crippen LogP contribution in [0.3, 0.4) is 0 Å². The fourth-order valence-electron chi connectivity index (χ4n) is 2.26. The molecule has 2 unspecified atom stereocenters. The monoisotopic (exact) mass is 237 g/mol. The van der Waals surface area contributed by atoms with Gasteiger partial charge in [0.15, 0.2) is 0 Å². The number of piperidine rings is 1. The van der Waals surface area contributed by atoms with Gasteiger partial charge in [-0.25, -0.2) is 0 Å². The summed E-state index contributed by atoms with van der Waals surface area (Å²) in [6, 6.07) is 0. The Hall–Kier alpha value is -2.08. The first-order valence-corrected chi connectivity index (χ1v) is 5.27. The molecule has 1 N–H and O–H groups in total. The van der Waals surface area contributed by atoms with Crippen molar-refractivity contribution in [2.24, 2.45) is 17.0 Å². The third-order valence-corrected chi connectivity index (χ3v) is 3.15. The number of azide groups is 1. The van der Waals surface area contributed by atoms with Gasteiger partial charge in [0.05, 0.1) is 11.8 Å². The minimum atomic E-state index is -0.453. The van der Waals surface area contributed by atoms with Crippen LogP contribution in [0.2, 0.25) is 0 Å². The second-order valence-electron chi connectivity index (χ2n) is 4.08. The van der Waals surface area contributed by atoms with E-state index in [0.717, 1.165) is 0 Å². The summed E-state index contributed by atoms with van der Waals surface area (Å²) in [5.41, 5.74) is 8.12. The molecule has 8 heteroatoms. The number of hydrogen-bond donors (Lipinski definition) is 1. The maximum absolute atomic E-state index is 11.6. The molecule has 2 rings (SSSR count). The molecule has 0 saturated carbocycles. The molecular weight excluding hydrogens is 226 g/mol. The maximum atomic E-state index is 11.6. The highest BCUT2D eigenvalue weighted by Gasteiger charge is 2.45. The van der Waals surface area contributed by atoms with Crippen molar-refractivity contribution in [1.29, 1.82) is 0 Å². The third-order valence-electron chi connectivity index (χ3n) is 3.15. The van der Waals surface area contributed by atoms with Gasteiger partial charge < -0.3 is 4.90 Å². The molecule has 17 heavy (non-hydrogen) atoms. The van der Waals surface area contributed by atoms with E-state index in [2.05, 4.69) is 15.3 Å². The van der Waals surface area contributed by atoms with Crippen LogP contribution in [-0.2, 0) is 14.4 Å². The highest BCUT2D eigenvalue weighted by molar-refractivity contribution is 6.05. The Kier molecular flexibility index (Phi) is 2.97. The average molecular weight is 237 g/mol. The highest BCUT2D eigenvalue weighted by Crippen LogP contribution is 2.28. The Morgan fingerprint density at radius 1 is 1.47 bits per heavy atom. The summed E-state index contributed by atoms with van der Waals surface area (Å²) in [6.07, 6.45) is 0.476. The van der Waals surface area contributed by atoms with E-state index >= 15 is 0 Å². The topological polar surface area (TPSA) is 115 Å². The first kappa shape index (κ1) is 11.4. The van der Waals surface area contributed by atoms with E-state index in [0.29, 0.717) is 13.0 Å². The number of likely N-dealkylation sites (tertiary alicyclic amines) is 1. The molecule has 0 bridgehead atoms. The van der Waals surface area contributed by atoms with Crippen LogP contribution >= 0.6 is 0 Å². The molecule has 2 aliphatic heterocycles. The summed E-state index contributed by atoms with van der Waals surface area (Å²) in [4.78, 5) is 38.4. The lowest BCUT2D eigenvalue weighted by atomic mass is 9.88. The SMILES string of the molecule is [N-]=[N+]=NCC(=O)N1CCC2C(=O)NC(=O)C2C1. The molecule has 8 nitrogen and oxygen atoms in total. The van der Waals surface area contributed by atoms with E-state index in [4.69, 9.17) is 5.53 Å². The standard InChI is InChI=1S/C9H11N5O3/c10-13-11-3-7(15)14-2-1-5-6(4-14)9(17)12-8(5)16/h5-6H,1-4H2,(H,12,16,17). The Bertz CT molecular complexity index is 428. The molecule has 0 radical (unpaired) electrons. The van der Waals surface area contributed by atoms with Crippen LogP contribution < -0.4 is 5.32 Å². The fourth-order valence-corrected chi connectivity index (χ4v) is 2.26. The minimum absolute atomic E-state index is 0.224. The fraction of sp³-hybridized carbons (Fsp3) is 0.667. The predicted molar refractivity (Wildman–Crippen MR) is 55.3 cm³/mol. The van der Waals surface area contributed by atoms with Crippen molar-refractivity contribution in [3.63, 3.8) is 0 Å². The lowest BCUT2D eigenvalue weighted by molar-refractivity contribution is -0.135. The number of rotatable bonds is 2. The number of carbonyl (C=O) groups excluding carboxylic acids is 3. The summed E-state index contributed by atoms with van der Waals surface area (Å²) in [5.74, 6) is -1.64. The van der Waals surface area contributed by atoms with E-state index in [1.165, 1.54) is 4.90 Å². The Balaban J connectivity index is 2.02. The van der Waals surface area contributed by atoms with E-state index in [1.807, 2.05) is 0 Å². The van der Waals surface area contributed by atoms with Gasteiger partial charge in [-0.05, 0) is 12.0 Å². The normalized spacial score (nSPS) is 27.2. The van der Waals surface area contributed by atoms with E-state index < -0.39 is 5.92 Å². The number of imide groups is 1. The molecule has 2 aliphatic rings. The number of nitrogens with one attached hydrogen (secondary N) is 1. The van der Waals surface area contributed by atoms with Crippen molar-refractivity contribution in [3.05, 3.63) is 10.4 Å². The maximum Gasteiger partial charge on any atom is 0.232 e. The molecule has 2 saturated heterocycles. The molecule has 0 aliphatic carbocycles. The van der Waals surface area contributed by atoms with Gasteiger partial charge in [0.2, 0.25) is 17.7 Å². The van der Waals surface area contributed by atoms with Crippen LogP contribution in [0.15, 0.2) is 5.11 Å². The number of nitrogens with zero attached hydrogens (tertiary/aromatic N) is 4. The van der Waals surface area contributed by atoms with Gasteiger partial charge in [0.25, 0.3) is 0 Å². The van der Waals surface area contributed by atoms with Crippen molar-refractivity contribution in [2.45, 2.75) is 6.42 Å². The van der Waals surface area contributed by atoms with Gasteiger partial charge in [-0.2, -0.15) is 0 Å². The molecule has 0 aromatic heterocycles. The van der Waals surface area contributed by atoms with Gasteiger partial charge in [-0.1, -0.05) is 5.11 Å². The van der Waals surface area contributed by atoms with Crippen molar-refractivity contribution >= 4 is 17.7 Å². The van der Waals surface area contributed by atoms with E-state index in [9.17, 15) is 14.4 Å². The van der Waals surface area contributed by atoms with Crippen molar-refractivity contribution in [1.82, 2.24) is 10.2 Å². The second-order valence-corrected chi connectivity index (χ2v) is 4.08. The number of amides is 3. The smallest absolute Gasteiger partial charge is 0.232 e. The highest BCUT2D eigenvalue weighted by atomic mass is 16.2. The van der Waals surface area contributed by atoms with Crippen LogP contribution in [0.5, 0.6) is 0 Å². The summed E-state index contributed by atoms with van der Waals surface area (Å²) < 4.78 is 0. The van der Waals surface area contributed by atoms with E-state index in [1.54, 1.807) is 0 Å². The predicted octanol–water partition coefficient (Wildman–Crippen LogP) is -0.582. The molecule has 2 fully saturated rings. The first-order chi connectivity index (χ1) is 8.13. The average Bonchev–Trinajstić information content (AvgIpc) is 2.61. The lowest BCUT2D eigenvalue weighted by Crippen LogP contribution is -2.45. The molecule has 0 aromatic rings. The molecule has 3 amide bonds. The van der Waals surface area contributed by atoms with Gasteiger partial charge in [-0.3, -0.25) is 19.7 Å². The molecule has 2 atom stereocenters. The largest absolute Gasteiger partial charge is 0.342 e. The van der Waals surface area contributed by atoms with Gasteiger partial charge in [0.1, 0.15) is 6.54 Å². The molecular formula is C9H11N5O3. The second kappa shape index (κ2) is 4.42. The summed E-state index contributed by atoms with van der Waals surface area (Å²) in [6.45, 7) is 0.396. The van der Waals surface area contributed by atoms with Crippen molar-refractivity contribution in [2.75, 3.05) is 19.6 Å². The molecule has 0 spiro atoms. The molecule has 90 valence electrons. The quantitative estimate of drug-likeness (QED) is 0.299. The van der Waals surface area contributed by atoms with Crippen molar-refractivity contribution < 1.29 is 14.4 Å². The number of carbonyl (C=O) groups is 3. The zero-order valence-corrected chi connectivity index (χ0v) is 9.00. The Labute approximate surface area is 96.6 Å². The van der Waals surface area contributed by atoms with Gasteiger partial charge >= 0.3 is 0 Å². The summed E-state index contributed by atoms with van der Waals surface area (Å²) in [7, 11) is 0. The molecule has 0 aromatic carbocycles. The summed E-state index contributed by atoms with van der Waals surface area (Å²) in [5, 5.41) is 5.45. The molecule has 2 heterocycles. The van der Waals surface area contributed by atoms with Crippen LogP contribution in [-0.4, -0.2) is 42.3 Å². The van der Waals surface area contributed by atoms with Gasteiger partial charge in [-0.15, -0.1) is 0 Å². The van der Waals surface area contributed by atoms with Crippen LogP contribution in [0, 0.1) is 11.8 Å². The minimum Gasteiger partial charge on any atom is -0.342 e. The van der Waals surface area contributed by atoms with Crippen LogP contribution in [0.4, 0.5) is 0 Å². The first-order valence-electron chi connectivity index (χ1n) is 5.27. The number of hydrogen-bond acceptors (Lipinski definition) is 4. The van der Waals surface area contributed by atoms with Gasteiger partial charge in [0, 0.05) is 18.0 Å². The lowest BCUT2D eigenvalue weighted by Gasteiger charge is -2.32. The van der Waals surface area contributed by atoms with Crippen molar-refractivity contribution in [3.8, 4) is 0 Å². The zero-order valence-electron chi connectivity index (χ0n) is 9.00. The third kappa shape index (κ3) is 2.07. The Morgan fingerprint density at radius 2 is 2.18 bits per heavy atom. The van der Waals surface area contributed by atoms with Crippen LogP contribution in [0.1, 0.15) is 6.42 Å². The number of fused-ring (bicyclic) bond motifs is 1. The Morgan fingerprint density at radius 3 is 2.88 bits per heavy atom. The van der Waals surface area contributed by atoms with Crippen LogP contribution in [0.25, 0.3) is 10.4 Å². The summed E-state index contributed by atoms with van der Waals surface area (Å²) >= 11 is 0.